The zero-order valence-corrected chi connectivity index (χ0v) is 47.9. The average molecular weight is 1060 g/mol. The van der Waals surface area contributed by atoms with Gasteiger partial charge in [0.2, 0.25) is 41.4 Å². The summed E-state index contributed by atoms with van der Waals surface area (Å²) in [5.41, 5.74) is 5.61. The number of aliphatic hydroxyl groups is 2. The molecule has 0 heterocycles. The average Bonchev–Trinajstić information content (AvgIpc) is 3.36. The van der Waals surface area contributed by atoms with Crippen LogP contribution < -0.4 is 11.1 Å². The van der Waals surface area contributed by atoms with Crippen molar-refractivity contribution in [3.05, 3.63) is 0 Å². The van der Waals surface area contributed by atoms with Gasteiger partial charge in [0.1, 0.15) is 0 Å². The van der Waals surface area contributed by atoms with Gasteiger partial charge >= 0.3 is 0 Å². The Morgan fingerprint density at radius 2 is 0.694 bits per heavy atom. The first-order chi connectivity index (χ1) is 34.5. The summed E-state index contributed by atoms with van der Waals surface area (Å²) in [4.78, 5) is 107. The predicted octanol–water partition coefficient (Wildman–Crippen LogP) is 5.11. The highest BCUT2D eigenvalue weighted by atomic mass is 32.1. The molecular formula is C53H102N8O9S2. The van der Waals surface area contributed by atoms with Gasteiger partial charge in [-0.15, -0.1) is 0 Å². The molecule has 72 heavy (non-hydrogen) atoms. The topological polar surface area (TPSA) is 217 Å². The van der Waals surface area contributed by atoms with E-state index in [0.29, 0.717) is 13.1 Å². The Hall–Kier alpha value is -3.13. The molecule has 0 aromatic rings. The molecule has 17 nitrogen and oxygen atoms in total. The summed E-state index contributed by atoms with van der Waals surface area (Å²) in [7, 11) is 0. The summed E-state index contributed by atoms with van der Waals surface area (Å²) in [5, 5.41) is 22.1. The molecule has 420 valence electrons. The van der Waals surface area contributed by atoms with Gasteiger partial charge in [0.05, 0.1) is 65.1 Å². The van der Waals surface area contributed by atoms with E-state index < -0.39 is 41.5 Å². The largest absolute Gasteiger partial charge is 0.395 e. The lowest BCUT2D eigenvalue weighted by atomic mass is 9.98. The van der Waals surface area contributed by atoms with Crippen molar-refractivity contribution in [1.29, 1.82) is 0 Å². The summed E-state index contributed by atoms with van der Waals surface area (Å²) in [6.45, 7) is 15.2. The normalized spacial score (nSPS) is 13.0. The van der Waals surface area contributed by atoms with Crippen LogP contribution in [-0.2, 0) is 33.6 Å². The van der Waals surface area contributed by atoms with Gasteiger partial charge in [0.25, 0.3) is 0 Å². The van der Waals surface area contributed by atoms with Crippen molar-refractivity contribution in [2.75, 3.05) is 110 Å². The second kappa shape index (κ2) is 42.1. The summed E-state index contributed by atoms with van der Waals surface area (Å²) < 4.78 is 0. The van der Waals surface area contributed by atoms with Gasteiger partial charge in [0.15, 0.2) is 0 Å². The minimum atomic E-state index is -0.705. The Morgan fingerprint density at radius 1 is 0.431 bits per heavy atom. The molecule has 0 spiro atoms. The second-order valence-corrected chi connectivity index (χ2v) is 20.6. The van der Waals surface area contributed by atoms with Gasteiger partial charge < -0.3 is 50.7 Å². The van der Waals surface area contributed by atoms with Gasteiger partial charge in [-0.1, -0.05) is 132 Å². The van der Waals surface area contributed by atoms with Crippen molar-refractivity contribution in [1.82, 2.24) is 34.7 Å². The van der Waals surface area contributed by atoms with Crippen molar-refractivity contribution in [3.63, 3.8) is 0 Å². The smallest absolute Gasteiger partial charge is 0.242 e. The fourth-order valence-electron chi connectivity index (χ4n) is 8.79. The lowest BCUT2D eigenvalue weighted by Gasteiger charge is -2.34. The number of thiol groups is 2. The number of amides is 7. The van der Waals surface area contributed by atoms with Gasteiger partial charge in [-0.2, -0.15) is 25.3 Å². The molecular weight excluding hydrogens is 957 g/mol. The predicted molar refractivity (Wildman–Crippen MR) is 296 cm³/mol. The van der Waals surface area contributed by atoms with Crippen LogP contribution in [0.25, 0.3) is 0 Å². The highest BCUT2D eigenvalue weighted by Crippen LogP contribution is 2.20. The Bertz CT molecular complexity index is 1530. The number of primary amides is 1. The third-order valence-electron chi connectivity index (χ3n) is 13.9. The van der Waals surface area contributed by atoms with Crippen LogP contribution in [0.1, 0.15) is 158 Å². The molecule has 4 unspecified atom stereocenters. The molecule has 0 aliphatic carbocycles. The third-order valence-corrected chi connectivity index (χ3v) is 14.3. The van der Waals surface area contributed by atoms with Crippen LogP contribution >= 0.6 is 25.3 Å². The fraction of sp³-hybridized carbons (Fsp3) is 0.868. The van der Waals surface area contributed by atoms with E-state index >= 15 is 0 Å². The molecule has 0 saturated heterocycles. The molecule has 0 saturated carbocycles. The van der Waals surface area contributed by atoms with E-state index in [-0.39, 0.29) is 126 Å². The molecule has 0 aromatic heterocycles. The van der Waals surface area contributed by atoms with E-state index in [4.69, 9.17) is 5.73 Å². The van der Waals surface area contributed by atoms with E-state index in [1.807, 2.05) is 13.8 Å². The van der Waals surface area contributed by atoms with Crippen LogP contribution in [0, 0.1) is 23.7 Å². The lowest BCUT2D eigenvalue weighted by molar-refractivity contribution is -0.148. The number of nitrogens with zero attached hydrogens (tertiary/aromatic N) is 6. The van der Waals surface area contributed by atoms with Crippen LogP contribution in [0.4, 0.5) is 0 Å². The maximum absolute atomic E-state index is 14.8. The number of nitrogens with two attached hydrogens (primary N) is 1. The van der Waals surface area contributed by atoms with Crippen molar-refractivity contribution in [2.24, 2.45) is 29.4 Å². The molecule has 0 radical (unpaired) electrons. The monoisotopic (exact) mass is 1060 g/mol. The number of carbonyl (C=O) groups is 7. The number of rotatable bonds is 45. The quantitative estimate of drug-likeness (QED) is 0.0443. The first-order valence-corrected chi connectivity index (χ1v) is 28.9. The number of aliphatic hydroxyl groups excluding tert-OH is 2. The molecule has 7 amide bonds. The molecule has 5 N–H and O–H groups in total. The zero-order valence-electron chi connectivity index (χ0n) is 46.1. The summed E-state index contributed by atoms with van der Waals surface area (Å²) in [5.74, 6) is -2.31. The summed E-state index contributed by atoms with van der Waals surface area (Å²) >= 11 is 8.86. The van der Waals surface area contributed by atoms with Crippen LogP contribution in [0.5, 0.6) is 0 Å². The minimum Gasteiger partial charge on any atom is -0.395 e. The van der Waals surface area contributed by atoms with E-state index in [1.165, 1.54) is 29.4 Å². The van der Waals surface area contributed by atoms with Crippen molar-refractivity contribution in [2.45, 2.75) is 164 Å². The zero-order chi connectivity index (χ0) is 54.4. The Morgan fingerprint density at radius 3 is 0.944 bits per heavy atom. The van der Waals surface area contributed by atoms with E-state index in [1.54, 1.807) is 0 Å². The summed E-state index contributed by atoms with van der Waals surface area (Å²) in [6, 6.07) is -0.705. The van der Waals surface area contributed by atoms with Crippen LogP contribution in [0.3, 0.4) is 0 Å². The molecule has 0 fully saturated rings. The number of nitrogens with one attached hydrogen (secondary N) is 1. The maximum atomic E-state index is 14.8. The highest BCUT2D eigenvalue weighted by Gasteiger charge is 2.32. The number of unbranched alkanes of at least 4 members (excludes halogenated alkanes) is 4. The number of carbonyl (C=O) groups excluding carboxylic acids is 7. The Labute approximate surface area is 446 Å². The van der Waals surface area contributed by atoms with Gasteiger partial charge in [-0.3, -0.25) is 33.6 Å². The standard InChI is InChI=1S/C53H102N8O9S2/c1-9-17-21-42(13-5)30-58(34-47(54)64)51(68)35-56(25-27-71)50(67)38-60(32-44(15-7)23-19-11-3)53(70)39-61(33-45(16-8)24-20-12-4)52(69)36-57(26-28-72)49(66)37-59(31-43(14-6)22-18-10-2)48(65)29-55-46(40-62)41-63/h42-46,55,62-63,71-72H,9-41H2,1-8H3,(H2,54,64). The van der Waals surface area contributed by atoms with Gasteiger partial charge in [0, 0.05) is 50.8 Å². The summed E-state index contributed by atoms with van der Waals surface area (Å²) in [6.07, 6.45) is 14.2. The second-order valence-electron chi connectivity index (χ2n) is 19.8. The van der Waals surface area contributed by atoms with Crippen LogP contribution in [0.2, 0.25) is 0 Å². The molecule has 0 aliphatic heterocycles. The molecule has 19 heteroatoms. The molecule has 4 atom stereocenters. The fourth-order valence-corrected chi connectivity index (χ4v) is 9.28. The number of hydrogen-bond acceptors (Lipinski definition) is 12. The van der Waals surface area contributed by atoms with Crippen molar-refractivity contribution < 1.29 is 43.8 Å². The van der Waals surface area contributed by atoms with Crippen LogP contribution in [0.15, 0.2) is 0 Å². The molecule has 0 aliphatic rings. The Kier molecular flexibility index (Phi) is 40.3. The first kappa shape index (κ1) is 68.9. The van der Waals surface area contributed by atoms with Crippen molar-refractivity contribution in [3.8, 4) is 0 Å². The van der Waals surface area contributed by atoms with Crippen LogP contribution in [-0.4, -0.2) is 197 Å². The van der Waals surface area contributed by atoms with Gasteiger partial charge in [-0.05, 0) is 49.4 Å². The lowest BCUT2D eigenvalue weighted by Crippen LogP contribution is -2.54. The highest BCUT2D eigenvalue weighted by molar-refractivity contribution is 7.80. The maximum Gasteiger partial charge on any atom is 0.242 e. The van der Waals surface area contributed by atoms with E-state index in [9.17, 15) is 43.8 Å². The van der Waals surface area contributed by atoms with Gasteiger partial charge in [-0.25, -0.2) is 0 Å². The number of hydrogen-bond donors (Lipinski definition) is 6. The first-order valence-electron chi connectivity index (χ1n) is 27.6. The molecule has 0 rings (SSSR count). The van der Waals surface area contributed by atoms with E-state index in [0.717, 1.165) is 103 Å². The van der Waals surface area contributed by atoms with E-state index in [2.05, 4.69) is 72.1 Å². The third kappa shape index (κ3) is 29.1. The Balaban J connectivity index is 7.07. The van der Waals surface area contributed by atoms with Crippen molar-refractivity contribution >= 4 is 66.6 Å². The SMILES string of the molecule is CCCCC(CC)CN(CC(N)=O)C(=O)CN(CCS)C(=O)CN(CC(CC)CCCC)C(=O)CN(CC(CC)CCCC)C(=O)CN(CCS)C(=O)CN(CC(CC)CCCC)C(=O)CNC(CO)CO. The molecule has 0 bridgehead atoms. The molecule has 0 aromatic carbocycles. The minimum absolute atomic E-state index is 0.0599.